The van der Waals surface area contributed by atoms with Gasteiger partial charge >= 0.3 is 5.69 Å². The Bertz CT molecular complexity index is 1270. The van der Waals surface area contributed by atoms with Crippen LogP contribution in [0.5, 0.6) is 17.4 Å². The maximum Gasteiger partial charge on any atom is 0.310 e. The van der Waals surface area contributed by atoms with Gasteiger partial charge in [0, 0.05) is 22.9 Å². The molecule has 10 nitrogen and oxygen atoms in total. The van der Waals surface area contributed by atoms with Gasteiger partial charge in [-0.25, -0.2) is 0 Å². The number of H-pyrrole nitrogens is 1. The van der Waals surface area contributed by atoms with E-state index in [0.29, 0.717) is 22.8 Å². The average molecular weight is 433 g/mol. The Morgan fingerprint density at radius 1 is 1.31 bits per heavy atom. The van der Waals surface area contributed by atoms with E-state index in [1.54, 1.807) is 18.2 Å². The standard InChI is InChI=1S/C22H19N5O5/c1-12-19-20(15(10-23)21(24)32-22(19)26-25-12)13-7-8-17(30-2)14(9-13)11-31-18-6-4-3-5-16(18)27(28)29/h3-9,20H,11,24H2,1-2H3,(H,25,26)/t20-/m0/s1. The minimum absolute atomic E-state index is 0.00923. The van der Waals surface area contributed by atoms with Gasteiger partial charge in [-0.1, -0.05) is 18.2 Å². The highest BCUT2D eigenvalue weighted by Crippen LogP contribution is 2.43. The number of nitro groups is 1. The number of para-hydroxylation sites is 2. The van der Waals surface area contributed by atoms with Crippen LogP contribution in [0.25, 0.3) is 0 Å². The molecule has 0 bridgehead atoms. The van der Waals surface area contributed by atoms with Gasteiger partial charge in [0.05, 0.1) is 18.0 Å². The number of allylic oxidation sites excluding steroid dienone is 1. The first-order valence-corrected chi connectivity index (χ1v) is 9.60. The highest BCUT2D eigenvalue weighted by Gasteiger charge is 2.34. The van der Waals surface area contributed by atoms with Crippen LogP contribution in [-0.4, -0.2) is 22.2 Å². The predicted octanol–water partition coefficient (Wildman–Crippen LogP) is 3.43. The van der Waals surface area contributed by atoms with E-state index in [9.17, 15) is 15.4 Å². The van der Waals surface area contributed by atoms with Crippen molar-refractivity contribution in [1.29, 1.82) is 5.26 Å². The molecule has 162 valence electrons. The normalized spacial score (nSPS) is 14.8. The number of aromatic amines is 1. The van der Waals surface area contributed by atoms with Gasteiger partial charge in [-0.2, -0.15) is 5.26 Å². The molecule has 3 aromatic rings. The summed E-state index contributed by atoms with van der Waals surface area (Å²) in [7, 11) is 1.52. The molecule has 0 unspecified atom stereocenters. The van der Waals surface area contributed by atoms with Gasteiger partial charge in [0.2, 0.25) is 11.8 Å². The molecule has 1 aliphatic rings. The highest BCUT2D eigenvalue weighted by atomic mass is 16.6. The summed E-state index contributed by atoms with van der Waals surface area (Å²) < 4.78 is 16.7. The first kappa shape index (κ1) is 20.7. The molecular formula is C22H19N5O5. The third kappa shape index (κ3) is 3.56. The smallest absolute Gasteiger partial charge is 0.310 e. The maximum absolute atomic E-state index is 11.3. The van der Waals surface area contributed by atoms with Crippen LogP contribution in [0.3, 0.4) is 0 Å². The summed E-state index contributed by atoms with van der Waals surface area (Å²) in [6.07, 6.45) is 0. The molecule has 1 atom stereocenters. The SMILES string of the molecule is COc1ccc([C@H]2C(C#N)=C(N)Oc3n[nH]c(C)c32)cc1COc1ccccc1[N+](=O)[O-]. The quantitative estimate of drug-likeness (QED) is 0.443. The monoisotopic (exact) mass is 433 g/mol. The number of nitriles is 1. The Balaban J connectivity index is 1.74. The zero-order valence-electron chi connectivity index (χ0n) is 17.3. The van der Waals surface area contributed by atoms with Gasteiger partial charge in [-0.15, -0.1) is 5.10 Å². The number of hydrogen-bond donors (Lipinski definition) is 2. The fourth-order valence-corrected chi connectivity index (χ4v) is 3.71. The van der Waals surface area contributed by atoms with E-state index in [2.05, 4.69) is 16.3 Å². The topological polar surface area (TPSA) is 149 Å². The molecular weight excluding hydrogens is 414 g/mol. The number of nitrogens with two attached hydrogens (primary N) is 1. The third-order valence-electron chi connectivity index (χ3n) is 5.21. The van der Waals surface area contributed by atoms with Crippen LogP contribution in [0.1, 0.15) is 28.3 Å². The van der Waals surface area contributed by atoms with Crippen molar-refractivity contribution in [2.24, 2.45) is 5.73 Å². The second kappa shape index (κ2) is 8.31. The van der Waals surface area contributed by atoms with Crippen molar-refractivity contribution in [2.75, 3.05) is 7.11 Å². The van der Waals surface area contributed by atoms with E-state index in [1.807, 2.05) is 19.1 Å². The van der Waals surface area contributed by atoms with Gasteiger partial charge in [-0.05, 0) is 30.7 Å². The van der Waals surface area contributed by atoms with Crippen molar-refractivity contribution in [3.05, 3.63) is 86.4 Å². The molecule has 0 aliphatic carbocycles. The second-order valence-corrected chi connectivity index (χ2v) is 7.08. The predicted molar refractivity (Wildman–Crippen MR) is 113 cm³/mol. The van der Waals surface area contributed by atoms with Crippen molar-refractivity contribution >= 4 is 5.69 Å². The Hall–Kier alpha value is -4.52. The van der Waals surface area contributed by atoms with Crippen molar-refractivity contribution in [3.63, 3.8) is 0 Å². The Morgan fingerprint density at radius 2 is 2.09 bits per heavy atom. The lowest BCUT2D eigenvalue weighted by Gasteiger charge is -2.24. The summed E-state index contributed by atoms with van der Waals surface area (Å²) in [4.78, 5) is 10.8. The molecule has 0 fully saturated rings. The Kier molecular flexibility index (Phi) is 5.39. The first-order valence-electron chi connectivity index (χ1n) is 9.60. The molecule has 3 N–H and O–H groups in total. The van der Waals surface area contributed by atoms with Crippen LogP contribution in [0, 0.1) is 28.4 Å². The number of hydrogen-bond acceptors (Lipinski definition) is 8. The zero-order chi connectivity index (χ0) is 22.8. The van der Waals surface area contributed by atoms with E-state index in [4.69, 9.17) is 19.9 Å². The number of rotatable bonds is 6. The summed E-state index contributed by atoms with van der Waals surface area (Å²) in [5, 5.41) is 28.0. The maximum atomic E-state index is 11.3. The number of aryl methyl sites for hydroxylation is 1. The average Bonchev–Trinajstić information content (AvgIpc) is 3.16. The molecule has 0 spiro atoms. The number of fused-ring (bicyclic) bond motifs is 1. The van der Waals surface area contributed by atoms with Crippen molar-refractivity contribution < 1.29 is 19.1 Å². The number of methoxy groups -OCH3 is 1. The molecule has 1 aromatic heterocycles. The number of nitrogens with one attached hydrogen (secondary N) is 1. The van der Waals surface area contributed by atoms with Crippen LogP contribution >= 0.6 is 0 Å². The fourth-order valence-electron chi connectivity index (χ4n) is 3.71. The highest BCUT2D eigenvalue weighted by molar-refractivity contribution is 5.56. The van der Waals surface area contributed by atoms with E-state index < -0.39 is 10.8 Å². The first-order chi connectivity index (χ1) is 15.4. The Morgan fingerprint density at radius 3 is 2.81 bits per heavy atom. The van der Waals surface area contributed by atoms with Crippen LogP contribution in [0.15, 0.2) is 53.9 Å². The molecule has 4 rings (SSSR count). The Labute approximate surface area is 183 Å². The van der Waals surface area contributed by atoms with E-state index >= 15 is 0 Å². The van der Waals surface area contributed by atoms with Gasteiger partial charge in [0.15, 0.2) is 5.75 Å². The molecule has 0 amide bonds. The summed E-state index contributed by atoms with van der Waals surface area (Å²) in [5.74, 6) is 0.491. The van der Waals surface area contributed by atoms with Crippen molar-refractivity contribution in [3.8, 4) is 23.4 Å². The lowest BCUT2D eigenvalue weighted by atomic mass is 9.83. The van der Waals surface area contributed by atoms with Gasteiger partial charge in [-0.3, -0.25) is 15.2 Å². The summed E-state index contributed by atoms with van der Waals surface area (Å²) in [6, 6.07) is 13.7. The zero-order valence-corrected chi connectivity index (χ0v) is 17.3. The molecule has 32 heavy (non-hydrogen) atoms. The minimum atomic E-state index is -0.502. The minimum Gasteiger partial charge on any atom is -0.496 e. The molecule has 0 saturated carbocycles. The lowest BCUT2D eigenvalue weighted by molar-refractivity contribution is -0.385. The molecule has 0 radical (unpaired) electrons. The lowest BCUT2D eigenvalue weighted by Crippen LogP contribution is -2.21. The number of nitrogens with zero attached hydrogens (tertiary/aromatic N) is 3. The van der Waals surface area contributed by atoms with E-state index in [-0.39, 0.29) is 29.5 Å². The molecule has 1 aliphatic heterocycles. The van der Waals surface area contributed by atoms with E-state index in [0.717, 1.165) is 11.3 Å². The largest absolute Gasteiger partial charge is 0.496 e. The van der Waals surface area contributed by atoms with Crippen LogP contribution in [0.4, 0.5) is 5.69 Å². The van der Waals surface area contributed by atoms with Crippen molar-refractivity contribution in [1.82, 2.24) is 10.2 Å². The summed E-state index contributed by atoms with van der Waals surface area (Å²) in [5.41, 5.74) is 8.97. The fraction of sp³-hybridized carbons (Fsp3) is 0.182. The van der Waals surface area contributed by atoms with Crippen LogP contribution in [-0.2, 0) is 6.61 Å². The number of benzene rings is 2. The molecule has 2 heterocycles. The number of ether oxygens (including phenoxy) is 3. The number of nitro benzene ring substituents is 1. The third-order valence-corrected chi connectivity index (χ3v) is 5.21. The molecule has 10 heteroatoms. The van der Waals surface area contributed by atoms with Crippen molar-refractivity contribution in [2.45, 2.75) is 19.4 Å². The van der Waals surface area contributed by atoms with Crippen LogP contribution < -0.4 is 19.9 Å². The summed E-state index contributed by atoms with van der Waals surface area (Å²) in [6.45, 7) is 1.85. The van der Waals surface area contributed by atoms with Gasteiger partial charge < -0.3 is 19.9 Å². The summed E-state index contributed by atoms with van der Waals surface area (Å²) >= 11 is 0. The molecule has 0 saturated heterocycles. The number of aromatic nitrogens is 2. The van der Waals surface area contributed by atoms with Gasteiger partial charge in [0.25, 0.3) is 0 Å². The molecule has 2 aromatic carbocycles. The van der Waals surface area contributed by atoms with E-state index in [1.165, 1.54) is 19.2 Å². The van der Waals surface area contributed by atoms with Gasteiger partial charge in [0.1, 0.15) is 24.0 Å². The van der Waals surface area contributed by atoms with Crippen LogP contribution in [0.2, 0.25) is 0 Å². The second-order valence-electron chi connectivity index (χ2n) is 7.08.